The number of aromatic nitrogens is 2. The number of H-pyrrole nitrogens is 1. The van der Waals surface area contributed by atoms with E-state index in [9.17, 15) is 19.5 Å². The molecule has 0 aliphatic carbocycles. The molecule has 0 fully saturated rings. The molecule has 0 saturated heterocycles. The molecule has 1 amide bonds. The van der Waals surface area contributed by atoms with Crippen molar-refractivity contribution in [1.29, 1.82) is 0 Å². The molecule has 0 unspecified atom stereocenters. The zero-order chi connectivity index (χ0) is 19.4. The monoisotopic (exact) mass is 476 g/mol. The van der Waals surface area contributed by atoms with Crippen molar-refractivity contribution >= 4 is 34.7 Å². The van der Waals surface area contributed by atoms with Crippen LogP contribution >= 0.6 is 22.6 Å². The van der Waals surface area contributed by atoms with E-state index in [4.69, 9.17) is 0 Å². The Balaban J connectivity index is 1.93. The van der Waals surface area contributed by atoms with Crippen LogP contribution in [-0.4, -0.2) is 26.8 Å². The summed E-state index contributed by atoms with van der Waals surface area (Å²) in [6.45, 7) is 0. The van der Waals surface area contributed by atoms with E-state index in [-0.39, 0.29) is 5.56 Å². The lowest BCUT2D eigenvalue weighted by Crippen LogP contribution is -2.31. The number of carbonyl (C=O) groups excluding carboxylic acids is 1. The van der Waals surface area contributed by atoms with E-state index in [1.165, 1.54) is 0 Å². The zero-order valence-corrected chi connectivity index (χ0v) is 15.9. The highest BCUT2D eigenvalue weighted by molar-refractivity contribution is 14.1. The molecule has 0 radical (unpaired) electrons. The maximum Gasteiger partial charge on any atom is 0.335 e. The Hall–Kier alpha value is -3.21. The van der Waals surface area contributed by atoms with Crippen molar-refractivity contribution in [3.8, 4) is 11.6 Å². The lowest BCUT2D eigenvalue weighted by molar-refractivity contribution is 0.0955. The van der Waals surface area contributed by atoms with Crippen LogP contribution in [0.4, 0.5) is 0 Å². The Kier molecular flexibility index (Phi) is 5.50. The molecule has 3 aromatic rings. The van der Waals surface area contributed by atoms with Crippen LogP contribution in [0.25, 0.3) is 5.69 Å². The maximum atomic E-state index is 12.1. The molecule has 27 heavy (non-hydrogen) atoms. The fourth-order valence-corrected chi connectivity index (χ4v) is 2.65. The third-order valence-electron chi connectivity index (χ3n) is 3.60. The highest BCUT2D eigenvalue weighted by Crippen LogP contribution is 2.16. The summed E-state index contributed by atoms with van der Waals surface area (Å²) in [6.07, 6.45) is 0.984. The second kappa shape index (κ2) is 7.99. The van der Waals surface area contributed by atoms with E-state index in [1.807, 2.05) is 0 Å². The quantitative estimate of drug-likeness (QED) is 0.301. The lowest BCUT2D eigenvalue weighted by atomic mass is 10.2. The van der Waals surface area contributed by atoms with Gasteiger partial charge in [0.1, 0.15) is 5.56 Å². The number of aromatic hydroxyl groups is 1. The van der Waals surface area contributed by atoms with E-state index in [2.05, 4.69) is 38.1 Å². The topological polar surface area (TPSA) is 117 Å². The first-order chi connectivity index (χ1) is 13.0. The molecule has 0 aliphatic rings. The third kappa shape index (κ3) is 4.14. The third-order valence-corrected chi connectivity index (χ3v) is 4.32. The summed E-state index contributed by atoms with van der Waals surface area (Å²) in [4.78, 5) is 38.2. The van der Waals surface area contributed by atoms with Crippen LogP contribution in [0.2, 0.25) is 0 Å². The van der Waals surface area contributed by atoms with Crippen molar-refractivity contribution in [2.75, 3.05) is 0 Å². The zero-order valence-electron chi connectivity index (χ0n) is 13.7. The van der Waals surface area contributed by atoms with Crippen LogP contribution in [0.1, 0.15) is 15.9 Å². The molecule has 1 heterocycles. The summed E-state index contributed by atoms with van der Waals surface area (Å²) >= 11 is 2.11. The van der Waals surface area contributed by atoms with Gasteiger partial charge in [-0.25, -0.2) is 14.8 Å². The van der Waals surface area contributed by atoms with Gasteiger partial charge in [-0.05, 0) is 59.0 Å². The first-order valence-corrected chi connectivity index (χ1v) is 8.78. The van der Waals surface area contributed by atoms with Crippen molar-refractivity contribution in [3.05, 3.63) is 90.1 Å². The average Bonchev–Trinajstić information content (AvgIpc) is 2.66. The molecular formula is C18H13IN4O4. The number of rotatable bonds is 4. The van der Waals surface area contributed by atoms with Crippen molar-refractivity contribution in [3.63, 3.8) is 0 Å². The van der Waals surface area contributed by atoms with Crippen LogP contribution in [0.5, 0.6) is 5.88 Å². The van der Waals surface area contributed by atoms with Gasteiger partial charge in [-0.15, -0.1) is 0 Å². The van der Waals surface area contributed by atoms with Gasteiger partial charge in [0.2, 0.25) is 5.88 Å². The minimum atomic E-state index is -0.822. The molecule has 0 atom stereocenters. The van der Waals surface area contributed by atoms with Crippen molar-refractivity contribution in [2.45, 2.75) is 0 Å². The van der Waals surface area contributed by atoms with Gasteiger partial charge in [-0.2, -0.15) is 5.10 Å². The number of hydrogen-bond acceptors (Lipinski definition) is 5. The summed E-state index contributed by atoms with van der Waals surface area (Å²) in [5.74, 6) is -1.06. The van der Waals surface area contributed by atoms with E-state index < -0.39 is 23.0 Å². The van der Waals surface area contributed by atoms with Gasteiger partial charge in [0.05, 0.1) is 11.9 Å². The van der Waals surface area contributed by atoms with Crippen molar-refractivity contribution < 1.29 is 9.90 Å². The Morgan fingerprint density at radius 2 is 1.78 bits per heavy atom. The SMILES string of the molecule is O=C(N/N=C\c1c(O)n(-c2ccc(I)cc2)c(=O)[nH]c1=O)c1ccccc1. The number of carbonyl (C=O) groups is 1. The Labute approximate surface area is 166 Å². The molecule has 0 bridgehead atoms. The molecule has 0 aliphatic heterocycles. The first-order valence-electron chi connectivity index (χ1n) is 7.70. The predicted octanol–water partition coefficient (Wildman–Crippen LogP) is 1.60. The highest BCUT2D eigenvalue weighted by atomic mass is 127. The second-order valence-electron chi connectivity index (χ2n) is 5.37. The van der Waals surface area contributed by atoms with Gasteiger partial charge in [0, 0.05) is 9.13 Å². The number of nitrogens with zero attached hydrogens (tertiary/aromatic N) is 2. The molecule has 136 valence electrons. The van der Waals surface area contributed by atoms with Crippen LogP contribution in [-0.2, 0) is 0 Å². The second-order valence-corrected chi connectivity index (χ2v) is 6.62. The molecule has 1 aromatic heterocycles. The molecule has 9 heteroatoms. The number of amides is 1. The molecule has 3 rings (SSSR count). The fraction of sp³-hybridized carbons (Fsp3) is 0. The van der Waals surface area contributed by atoms with E-state index in [0.29, 0.717) is 11.3 Å². The van der Waals surface area contributed by atoms with Crippen LogP contribution < -0.4 is 16.7 Å². The Bertz CT molecular complexity index is 1120. The Morgan fingerprint density at radius 1 is 1.11 bits per heavy atom. The summed E-state index contributed by atoms with van der Waals surface area (Å²) in [6, 6.07) is 15.1. The fourth-order valence-electron chi connectivity index (χ4n) is 2.29. The molecule has 0 saturated carbocycles. The average molecular weight is 476 g/mol. The maximum absolute atomic E-state index is 12.1. The van der Waals surface area contributed by atoms with E-state index >= 15 is 0 Å². The first kappa shape index (κ1) is 18.6. The van der Waals surface area contributed by atoms with E-state index in [0.717, 1.165) is 14.4 Å². The predicted molar refractivity (Wildman–Crippen MR) is 109 cm³/mol. The van der Waals surface area contributed by atoms with Crippen molar-refractivity contribution in [2.24, 2.45) is 5.10 Å². The standard InChI is InChI=1S/C18H13IN4O4/c19-12-6-8-13(9-7-12)23-17(26)14(16(25)21-18(23)27)10-20-22-15(24)11-4-2-1-3-5-11/h1-10,26H,(H,22,24)(H,21,25,27)/b20-10-. The van der Waals surface area contributed by atoms with Gasteiger partial charge in [-0.1, -0.05) is 18.2 Å². The van der Waals surface area contributed by atoms with Gasteiger partial charge in [-0.3, -0.25) is 14.6 Å². The number of benzene rings is 2. The van der Waals surface area contributed by atoms with Crippen molar-refractivity contribution in [1.82, 2.24) is 15.0 Å². The summed E-state index contributed by atoms with van der Waals surface area (Å²) in [5.41, 5.74) is 1.15. The van der Waals surface area contributed by atoms with Crippen LogP contribution in [0.15, 0.2) is 69.3 Å². The highest BCUT2D eigenvalue weighted by Gasteiger charge is 2.14. The summed E-state index contributed by atoms with van der Waals surface area (Å²) in [5, 5.41) is 14.1. The van der Waals surface area contributed by atoms with Gasteiger partial charge >= 0.3 is 5.69 Å². The minimum absolute atomic E-state index is 0.262. The van der Waals surface area contributed by atoms with Gasteiger partial charge in [0.25, 0.3) is 11.5 Å². The molecule has 3 N–H and O–H groups in total. The number of halogens is 1. The molecular weight excluding hydrogens is 463 g/mol. The van der Waals surface area contributed by atoms with Crippen LogP contribution in [0, 0.1) is 3.57 Å². The Morgan fingerprint density at radius 3 is 2.44 bits per heavy atom. The molecule has 0 spiro atoms. The largest absolute Gasteiger partial charge is 0.493 e. The normalized spacial score (nSPS) is 10.9. The smallest absolute Gasteiger partial charge is 0.335 e. The number of hydrogen-bond donors (Lipinski definition) is 3. The minimum Gasteiger partial charge on any atom is -0.493 e. The number of aromatic amines is 1. The van der Waals surface area contributed by atoms with Gasteiger partial charge in [0.15, 0.2) is 0 Å². The number of hydrazone groups is 1. The summed E-state index contributed by atoms with van der Waals surface area (Å²) in [7, 11) is 0. The molecule has 2 aromatic carbocycles. The number of nitrogens with one attached hydrogen (secondary N) is 2. The van der Waals surface area contributed by atoms with E-state index in [1.54, 1.807) is 54.6 Å². The molecule has 8 nitrogen and oxygen atoms in total. The lowest BCUT2D eigenvalue weighted by Gasteiger charge is -2.09. The van der Waals surface area contributed by atoms with Gasteiger partial charge < -0.3 is 5.11 Å². The summed E-state index contributed by atoms with van der Waals surface area (Å²) < 4.78 is 1.89. The van der Waals surface area contributed by atoms with Crippen LogP contribution in [0.3, 0.4) is 0 Å².